The average Bonchev–Trinajstić information content (AvgIpc) is 2.47. The Balaban J connectivity index is 1.92. The van der Waals surface area contributed by atoms with Crippen molar-refractivity contribution in [1.29, 1.82) is 0 Å². The molecular weight excluding hydrogens is 292 g/mol. The lowest BCUT2D eigenvalue weighted by molar-refractivity contribution is 0.0850. The Bertz CT molecular complexity index is 821. The zero-order valence-electron chi connectivity index (χ0n) is 13.5. The van der Waals surface area contributed by atoms with Crippen LogP contribution >= 0.6 is 0 Å². The highest BCUT2D eigenvalue weighted by Gasteiger charge is 2.28. The molecule has 2 aromatic rings. The molecule has 120 valence electrons. The molecule has 0 fully saturated rings. The average molecular weight is 312 g/mol. The second-order valence-corrected chi connectivity index (χ2v) is 6.50. The number of hydrogen-bond acceptors (Lipinski definition) is 3. The van der Waals surface area contributed by atoms with E-state index in [-0.39, 0.29) is 16.6 Å². The van der Waals surface area contributed by atoms with Gasteiger partial charge in [0.05, 0.1) is 5.69 Å². The zero-order valence-corrected chi connectivity index (χ0v) is 13.5. The van der Waals surface area contributed by atoms with E-state index in [1.54, 1.807) is 13.0 Å². The molecule has 23 heavy (non-hydrogen) atoms. The minimum Gasteiger partial charge on any atom is -0.485 e. The highest BCUT2D eigenvalue weighted by atomic mass is 16.5. The highest BCUT2D eigenvalue weighted by molar-refractivity contribution is 6.04. The Morgan fingerprint density at radius 2 is 2.13 bits per heavy atom. The van der Waals surface area contributed by atoms with Crippen LogP contribution in [0.3, 0.4) is 0 Å². The zero-order chi connectivity index (χ0) is 16.6. The van der Waals surface area contributed by atoms with Gasteiger partial charge in [0.2, 0.25) is 0 Å². The molecule has 0 saturated heterocycles. The fraction of sp³-hybridized carbons (Fsp3) is 0.333. The first-order valence-corrected chi connectivity index (χ1v) is 7.67. The van der Waals surface area contributed by atoms with Gasteiger partial charge in [0.1, 0.15) is 16.9 Å². The Morgan fingerprint density at radius 3 is 2.87 bits per heavy atom. The molecule has 5 nitrogen and oxygen atoms in total. The maximum atomic E-state index is 12.4. The van der Waals surface area contributed by atoms with Crippen LogP contribution in [0.5, 0.6) is 5.75 Å². The third-order valence-electron chi connectivity index (χ3n) is 4.02. The van der Waals surface area contributed by atoms with Crippen molar-refractivity contribution in [2.45, 2.75) is 39.2 Å². The van der Waals surface area contributed by atoms with Crippen molar-refractivity contribution < 1.29 is 9.53 Å². The number of aromatic amines is 1. The van der Waals surface area contributed by atoms with Crippen LogP contribution in [0.2, 0.25) is 0 Å². The van der Waals surface area contributed by atoms with Crippen LogP contribution in [0, 0.1) is 6.92 Å². The van der Waals surface area contributed by atoms with Crippen molar-refractivity contribution in [3.05, 3.63) is 57.5 Å². The van der Waals surface area contributed by atoms with E-state index in [1.807, 2.05) is 26.0 Å². The molecule has 0 unspecified atom stereocenters. The van der Waals surface area contributed by atoms with Gasteiger partial charge in [-0.25, -0.2) is 0 Å². The molecule has 0 spiro atoms. The lowest BCUT2D eigenvalue weighted by atomic mass is 9.94. The number of para-hydroxylation sites is 1. The second kappa shape index (κ2) is 5.57. The smallest absolute Gasteiger partial charge is 0.261 e. The van der Waals surface area contributed by atoms with Gasteiger partial charge in [-0.15, -0.1) is 0 Å². The number of ether oxygens (including phenoxy) is 1. The maximum absolute atomic E-state index is 12.4. The fourth-order valence-electron chi connectivity index (χ4n) is 2.70. The van der Waals surface area contributed by atoms with Gasteiger partial charge < -0.3 is 15.0 Å². The lowest BCUT2D eigenvalue weighted by Gasteiger charge is -2.33. The minimum absolute atomic E-state index is 0.0864. The summed E-state index contributed by atoms with van der Waals surface area (Å²) in [5, 5.41) is 2.80. The van der Waals surface area contributed by atoms with E-state index in [9.17, 15) is 9.59 Å². The summed E-state index contributed by atoms with van der Waals surface area (Å²) in [4.78, 5) is 27.2. The molecule has 0 bridgehead atoms. The van der Waals surface area contributed by atoms with E-state index < -0.39 is 5.91 Å². The van der Waals surface area contributed by atoms with Crippen LogP contribution < -0.4 is 15.5 Å². The molecular formula is C18H20N2O3. The molecule has 1 amide bonds. The summed E-state index contributed by atoms with van der Waals surface area (Å²) in [6.07, 6.45) is 3.26. The van der Waals surface area contributed by atoms with E-state index >= 15 is 0 Å². The Morgan fingerprint density at radius 1 is 1.35 bits per heavy atom. The summed E-state index contributed by atoms with van der Waals surface area (Å²) < 4.78 is 6.04. The first-order valence-electron chi connectivity index (χ1n) is 7.67. The molecule has 3 rings (SSSR count). The number of nitrogens with one attached hydrogen (secondary N) is 2. The molecule has 0 radical (unpaired) electrons. The van der Waals surface area contributed by atoms with E-state index in [4.69, 9.17) is 4.74 Å². The molecule has 2 N–H and O–H groups in total. The van der Waals surface area contributed by atoms with Gasteiger partial charge in [-0.2, -0.15) is 0 Å². The van der Waals surface area contributed by atoms with Crippen molar-refractivity contribution in [1.82, 2.24) is 4.98 Å². The third kappa shape index (κ3) is 3.13. The van der Waals surface area contributed by atoms with Crippen LogP contribution in [0.15, 0.2) is 35.3 Å². The van der Waals surface area contributed by atoms with Crippen LogP contribution in [0.25, 0.3) is 0 Å². The quantitative estimate of drug-likeness (QED) is 0.895. The normalized spacial score (nSPS) is 15.4. The number of rotatable bonds is 2. The number of hydrogen-bond donors (Lipinski definition) is 2. The number of carbonyl (C=O) groups excluding carboxylic acids is 1. The molecule has 1 aromatic carbocycles. The molecule has 0 saturated carbocycles. The maximum Gasteiger partial charge on any atom is 0.261 e. The van der Waals surface area contributed by atoms with Crippen LogP contribution in [-0.2, 0) is 6.42 Å². The summed E-state index contributed by atoms with van der Waals surface area (Å²) in [7, 11) is 0. The van der Waals surface area contributed by atoms with Gasteiger partial charge in [-0.05, 0) is 45.2 Å². The number of H-pyrrole nitrogens is 1. The molecule has 1 aliphatic rings. The van der Waals surface area contributed by atoms with E-state index in [1.165, 1.54) is 12.3 Å². The number of fused-ring (bicyclic) bond motifs is 1. The third-order valence-corrected chi connectivity index (χ3v) is 4.02. The number of aromatic nitrogens is 1. The van der Waals surface area contributed by atoms with E-state index in [2.05, 4.69) is 10.3 Å². The summed E-state index contributed by atoms with van der Waals surface area (Å²) in [5.41, 5.74) is 1.90. The summed E-state index contributed by atoms with van der Waals surface area (Å²) >= 11 is 0. The van der Waals surface area contributed by atoms with E-state index in [0.717, 1.165) is 18.4 Å². The molecule has 0 atom stereocenters. The monoisotopic (exact) mass is 312 g/mol. The summed E-state index contributed by atoms with van der Waals surface area (Å²) in [6, 6.07) is 7.09. The van der Waals surface area contributed by atoms with Gasteiger partial charge in [-0.1, -0.05) is 12.1 Å². The number of carbonyl (C=O) groups is 1. The lowest BCUT2D eigenvalue weighted by Crippen LogP contribution is -2.33. The Labute approximate surface area is 134 Å². The molecule has 2 heterocycles. The standard InChI is InChI=1S/C18H20N2O3/c1-11-9-15(21)13(10-19-11)17(22)20-14-6-4-5-12-7-8-18(2,3)23-16(12)14/h4-6,9-10H,7-8H2,1-3H3,(H,19,21)(H,20,22). The SMILES string of the molecule is Cc1cc(=O)c(C(=O)Nc2cccc3c2OC(C)(C)CC3)c[nH]1. The molecule has 1 aliphatic heterocycles. The van der Waals surface area contributed by atoms with Crippen LogP contribution in [-0.4, -0.2) is 16.5 Å². The molecule has 1 aromatic heterocycles. The predicted molar refractivity (Wildman–Crippen MR) is 89.2 cm³/mol. The van der Waals surface area contributed by atoms with Crippen molar-refractivity contribution in [2.75, 3.05) is 5.32 Å². The fourth-order valence-corrected chi connectivity index (χ4v) is 2.70. The van der Waals surface area contributed by atoms with Gasteiger partial charge in [-0.3, -0.25) is 9.59 Å². The van der Waals surface area contributed by atoms with Crippen molar-refractivity contribution in [3.8, 4) is 5.75 Å². The van der Waals surface area contributed by atoms with Gasteiger partial charge >= 0.3 is 0 Å². The molecule has 0 aliphatic carbocycles. The van der Waals surface area contributed by atoms with Gasteiger partial charge in [0.15, 0.2) is 5.43 Å². The second-order valence-electron chi connectivity index (χ2n) is 6.50. The van der Waals surface area contributed by atoms with Crippen LogP contribution in [0.1, 0.15) is 41.9 Å². The number of pyridine rings is 1. The van der Waals surface area contributed by atoms with Crippen LogP contribution in [0.4, 0.5) is 5.69 Å². The van der Waals surface area contributed by atoms with Crippen molar-refractivity contribution in [3.63, 3.8) is 0 Å². The predicted octanol–water partition coefficient (Wildman–Crippen LogP) is 3.04. The first kappa shape index (κ1) is 15.3. The van der Waals surface area contributed by atoms with E-state index in [0.29, 0.717) is 17.1 Å². The largest absolute Gasteiger partial charge is 0.485 e. The van der Waals surface area contributed by atoms with Gasteiger partial charge in [0.25, 0.3) is 5.91 Å². The summed E-state index contributed by atoms with van der Waals surface area (Å²) in [5.74, 6) is 0.257. The number of benzene rings is 1. The minimum atomic E-state index is -0.438. The Hall–Kier alpha value is -2.56. The van der Waals surface area contributed by atoms with Crippen molar-refractivity contribution in [2.24, 2.45) is 0 Å². The topological polar surface area (TPSA) is 71.2 Å². The number of anilines is 1. The van der Waals surface area contributed by atoms with Crippen molar-refractivity contribution >= 4 is 11.6 Å². The summed E-state index contributed by atoms with van der Waals surface area (Å²) in [6.45, 7) is 5.82. The molecule has 5 heteroatoms. The Kier molecular flexibility index (Phi) is 3.72. The highest BCUT2D eigenvalue weighted by Crippen LogP contribution is 2.38. The number of aryl methyl sites for hydroxylation is 2. The van der Waals surface area contributed by atoms with Gasteiger partial charge in [0, 0.05) is 18.0 Å². The first-order chi connectivity index (χ1) is 10.9. The number of amides is 1.